The fourth-order valence-electron chi connectivity index (χ4n) is 2.41. The number of ether oxygens (including phenoxy) is 1. The molecule has 0 aliphatic heterocycles. The highest BCUT2D eigenvalue weighted by molar-refractivity contribution is 5.94. The Morgan fingerprint density at radius 3 is 2.88 bits per heavy atom. The molecule has 2 aromatic heterocycles. The number of carbonyl (C=O) groups excluding carboxylic acids is 1. The highest BCUT2D eigenvalue weighted by atomic mass is 16.5. The second-order valence-corrected chi connectivity index (χ2v) is 6.27. The number of hydrogen-bond acceptors (Lipinski definition) is 4. The number of imidazole rings is 1. The number of nitrogens with two attached hydrogens (primary N) is 1. The predicted molar refractivity (Wildman–Crippen MR) is 97.4 cm³/mol. The van der Waals surface area contributed by atoms with E-state index in [-0.39, 0.29) is 11.8 Å². The van der Waals surface area contributed by atoms with Crippen molar-refractivity contribution in [1.82, 2.24) is 9.38 Å². The van der Waals surface area contributed by atoms with Crippen molar-refractivity contribution < 1.29 is 9.53 Å². The summed E-state index contributed by atoms with van der Waals surface area (Å²) in [5, 5.41) is 2.82. The molecule has 130 valence electrons. The molecule has 0 spiro atoms. The van der Waals surface area contributed by atoms with E-state index in [1.807, 2.05) is 67.0 Å². The molecule has 0 bridgehead atoms. The molecule has 3 rings (SSSR count). The van der Waals surface area contributed by atoms with E-state index in [1.165, 1.54) is 0 Å². The first-order valence-electron chi connectivity index (χ1n) is 8.25. The zero-order valence-electron chi connectivity index (χ0n) is 14.3. The minimum Gasteiger partial charge on any atom is -0.487 e. The number of benzene rings is 1. The Bertz CT molecular complexity index is 839. The molecule has 0 fully saturated rings. The van der Waals surface area contributed by atoms with E-state index in [9.17, 15) is 4.79 Å². The van der Waals surface area contributed by atoms with E-state index < -0.39 is 6.04 Å². The third-order valence-electron chi connectivity index (χ3n) is 3.92. The molecule has 3 aromatic rings. The number of carbonyl (C=O) groups is 1. The Labute approximate surface area is 146 Å². The molecule has 0 saturated heterocycles. The number of aromatic nitrogens is 2. The minimum absolute atomic E-state index is 0.0782. The second-order valence-electron chi connectivity index (χ2n) is 6.27. The van der Waals surface area contributed by atoms with Crippen molar-refractivity contribution in [3.63, 3.8) is 0 Å². The van der Waals surface area contributed by atoms with Crippen LogP contribution in [0.3, 0.4) is 0 Å². The van der Waals surface area contributed by atoms with E-state index in [2.05, 4.69) is 10.3 Å². The normalized spacial score (nSPS) is 12.3. The van der Waals surface area contributed by atoms with Crippen LogP contribution in [0.1, 0.15) is 19.5 Å². The fraction of sp³-hybridized carbons (Fsp3) is 0.263. The SMILES string of the molecule is CC(C)[C@H](N)C(=O)Nc1cccc(OCc2cn3ccccc3n2)c1. The van der Waals surface area contributed by atoms with Gasteiger partial charge in [0.15, 0.2) is 0 Å². The molecule has 0 aliphatic rings. The zero-order chi connectivity index (χ0) is 17.8. The summed E-state index contributed by atoms with van der Waals surface area (Å²) in [5.41, 5.74) is 8.24. The summed E-state index contributed by atoms with van der Waals surface area (Å²) >= 11 is 0. The summed E-state index contributed by atoms with van der Waals surface area (Å²) in [6.07, 6.45) is 3.88. The van der Waals surface area contributed by atoms with Crippen LogP contribution < -0.4 is 15.8 Å². The van der Waals surface area contributed by atoms with E-state index in [0.717, 1.165) is 11.3 Å². The maximum atomic E-state index is 12.1. The van der Waals surface area contributed by atoms with Crippen LogP contribution >= 0.6 is 0 Å². The molecule has 0 saturated carbocycles. The van der Waals surface area contributed by atoms with E-state index in [0.29, 0.717) is 18.0 Å². The minimum atomic E-state index is -0.539. The number of pyridine rings is 1. The molecule has 2 heterocycles. The average Bonchev–Trinajstić information content (AvgIpc) is 3.02. The maximum Gasteiger partial charge on any atom is 0.241 e. The van der Waals surface area contributed by atoms with Crippen LogP contribution in [0.25, 0.3) is 5.65 Å². The number of anilines is 1. The Morgan fingerprint density at radius 1 is 1.28 bits per heavy atom. The van der Waals surface area contributed by atoms with Gasteiger partial charge in [0.25, 0.3) is 0 Å². The van der Waals surface area contributed by atoms with E-state index >= 15 is 0 Å². The number of hydrogen-bond donors (Lipinski definition) is 2. The van der Waals surface area contributed by atoms with Gasteiger partial charge in [0.2, 0.25) is 5.91 Å². The molecule has 25 heavy (non-hydrogen) atoms. The van der Waals surface area contributed by atoms with Crippen molar-refractivity contribution in [1.29, 1.82) is 0 Å². The van der Waals surface area contributed by atoms with Crippen LogP contribution in [-0.4, -0.2) is 21.3 Å². The summed E-state index contributed by atoms with van der Waals surface area (Å²) in [4.78, 5) is 16.5. The maximum absolute atomic E-state index is 12.1. The summed E-state index contributed by atoms with van der Waals surface area (Å²) in [7, 11) is 0. The molecule has 1 atom stereocenters. The quantitative estimate of drug-likeness (QED) is 0.724. The third-order valence-corrected chi connectivity index (χ3v) is 3.92. The highest BCUT2D eigenvalue weighted by Crippen LogP contribution is 2.19. The topological polar surface area (TPSA) is 81.7 Å². The number of amides is 1. The van der Waals surface area contributed by atoms with Crippen molar-refractivity contribution in [3.05, 3.63) is 60.6 Å². The molecular weight excluding hydrogens is 316 g/mol. The van der Waals surface area contributed by atoms with Crippen LogP contribution in [0.2, 0.25) is 0 Å². The zero-order valence-corrected chi connectivity index (χ0v) is 14.3. The van der Waals surface area contributed by atoms with E-state index in [4.69, 9.17) is 10.5 Å². The van der Waals surface area contributed by atoms with Gasteiger partial charge >= 0.3 is 0 Å². The van der Waals surface area contributed by atoms with Gasteiger partial charge in [0, 0.05) is 24.1 Å². The van der Waals surface area contributed by atoms with Gasteiger partial charge in [-0.3, -0.25) is 4.79 Å². The first kappa shape index (κ1) is 17.0. The van der Waals surface area contributed by atoms with Crippen molar-refractivity contribution in [3.8, 4) is 5.75 Å². The lowest BCUT2D eigenvalue weighted by Crippen LogP contribution is -2.39. The van der Waals surface area contributed by atoms with E-state index in [1.54, 1.807) is 6.07 Å². The van der Waals surface area contributed by atoms with Gasteiger partial charge in [0.05, 0.1) is 11.7 Å². The largest absolute Gasteiger partial charge is 0.487 e. The molecule has 1 amide bonds. The van der Waals surface area contributed by atoms with Crippen LogP contribution in [0, 0.1) is 5.92 Å². The van der Waals surface area contributed by atoms with Gasteiger partial charge in [0.1, 0.15) is 18.0 Å². The Kier molecular flexibility index (Phi) is 5.00. The van der Waals surface area contributed by atoms with Crippen molar-refractivity contribution in [2.75, 3.05) is 5.32 Å². The van der Waals surface area contributed by atoms with Gasteiger partial charge in [-0.1, -0.05) is 26.0 Å². The first-order chi connectivity index (χ1) is 12.0. The van der Waals surface area contributed by atoms with Crippen LogP contribution in [-0.2, 0) is 11.4 Å². The lowest BCUT2D eigenvalue weighted by Gasteiger charge is -2.15. The first-order valence-corrected chi connectivity index (χ1v) is 8.25. The van der Waals surface area contributed by atoms with Gasteiger partial charge in [-0.05, 0) is 30.2 Å². The average molecular weight is 338 g/mol. The molecule has 3 N–H and O–H groups in total. The van der Waals surface area contributed by atoms with Gasteiger partial charge in [-0.2, -0.15) is 0 Å². The Morgan fingerprint density at radius 2 is 2.12 bits per heavy atom. The molecular formula is C19H22N4O2. The Balaban J connectivity index is 1.64. The highest BCUT2D eigenvalue weighted by Gasteiger charge is 2.17. The molecule has 6 heteroatoms. The second kappa shape index (κ2) is 7.36. The van der Waals surface area contributed by atoms with Gasteiger partial charge < -0.3 is 20.2 Å². The lowest BCUT2D eigenvalue weighted by molar-refractivity contribution is -0.118. The van der Waals surface area contributed by atoms with Crippen molar-refractivity contribution in [2.24, 2.45) is 11.7 Å². The standard InChI is InChI=1S/C19H22N4O2/c1-13(2)18(20)19(24)22-14-6-5-7-16(10-14)25-12-15-11-23-9-4-3-8-17(23)21-15/h3-11,13,18H,12,20H2,1-2H3,(H,22,24)/t18-/m0/s1. The van der Waals surface area contributed by atoms with Gasteiger partial charge in [-0.15, -0.1) is 0 Å². The molecule has 6 nitrogen and oxygen atoms in total. The Hall–Kier alpha value is -2.86. The number of nitrogens with one attached hydrogen (secondary N) is 1. The van der Waals surface area contributed by atoms with Crippen molar-refractivity contribution >= 4 is 17.2 Å². The predicted octanol–water partition coefficient (Wildman–Crippen LogP) is 2.84. The third kappa shape index (κ3) is 4.16. The number of nitrogens with zero attached hydrogens (tertiary/aromatic N) is 2. The van der Waals surface area contributed by atoms with Crippen molar-refractivity contribution in [2.45, 2.75) is 26.5 Å². The summed E-state index contributed by atoms with van der Waals surface area (Å²) < 4.78 is 7.74. The number of rotatable bonds is 6. The molecule has 0 radical (unpaired) electrons. The van der Waals surface area contributed by atoms with Crippen LogP contribution in [0.5, 0.6) is 5.75 Å². The monoisotopic (exact) mass is 338 g/mol. The summed E-state index contributed by atoms with van der Waals surface area (Å²) in [6, 6.07) is 12.6. The number of fused-ring (bicyclic) bond motifs is 1. The molecule has 0 aliphatic carbocycles. The van der Waals surface area contributed by atoms with Crippen LogP contribution in [0.15, 0.2) is 54.9 Å². The van der Waals surface area contributed by atoms with Crippen LogP contribution in [0.4, 0.5) is 5.69 Å². The summed E-state index contributed by atoms with van der Waals surface area (Å²) in [5.74, 6) is 0.537. The summed E-state index contributed by atoms with van der Waals surface area (Å²) in [6.45, 7) is 4.18. The fourth-order valence-corrected chi connectivity index (χ4v) is 2.41. The lowest BCUT2D eigenvalue weighted by atomic mass is 10.0. The van der Waals surface area contributed by atoms with Gasteiger partial charge in [-0.25, -0.2) is 4.98 Å². The molecule has 1 aromatic carbocycles. The smallest absolute Gasteiger partial charge is 0.241 e. The molecule has 0 unspecified atom stereocenters.